The second-order valence-corrected chi connectivity index (χ2v) is 4.40. The lowest BCUT2D eigenvalue weighted by molar-refractivity contribution is -0.121. The molecule has 16 heavy (non-hydrogen) atoms. The molecule has 0 saturated heterocycles. The van der Waals surface area contributed by atoms with Gasteiger partial charge in [0.15, 0.2) is 0 Å². The van der Waals surface area contributed by atoms with E-state index in [0.29, 0.717) is 26.1 Å². The van der Waals surface area contributed by atoms with E-state index in [1.165, 1.54) is 0 Å². The fourth-order valence-electron chi connectivity index (χ4n) is 1.11. The third-order valence-electron chi connectivity index (χ3n) is 2.42. The van der Waals surface area contributed by atoms with Crippen LogP contribution in [0.1, 0.15) is 26.7 Å². The quantitative estimate of drug-likeness (QED) is 0.403. The molecule has 5 heteroatoms. The zero-order chi connectivity index (χ0) is 12.4. The van der Waals surface area contributed by atoms with Gasteiger partial charge in [-0.3, -0.25) is 4.79 Å². The maximum Gasteiger partial charge on any atom is 0.221 e. The fourth-order valence-corrected chi connectivity index (χ4v) is 1.11. The van der Waals surface area contributed by atoms with Gasteiger partial charge < -0.3 is 20.8 Å². The Bertz CT molecular complexity index is 194. The predicted molar refractivity (Wildman–Crippen MR) is 63.1 cm³/mol. The minimum Gasteiger partial charge on any atom is -0.396 e. The predicted octanol–water partition coefficient (Wildman–Crippen LogP) is -0.517. The van der Waals surface area contributed by atoms with E-state index in [9.17, 15) is 4.79 Å². The van der Waals surface area contributed by atoms with Gasteiger partial charge in [-0.1, -0.05) is 13.8 Å². The molecule has 0 aliphatic heterocycles. The highest BCUT2D eigenvalue weighted by Crippen LogP contribution is 2.11. The highest BCUT2D eigenvalue weighted by molar-refractivity contribution is 5.75. The Labute approximate surface area is 97.2 Å². The van der Waals surface area contributed by atoms with Crippen molar-refractivity contribution < 1.29 is 15.0 Å². The first-order chi connectivity index (χ1) is 7.58. The number of carbonyl (C=O) groups is 1. The molecule has 0 fully saturated rings. The van der Waals surface area contributed by atoms with Crippen LogP contribution in [0.15, 0.2) is 0 Å². The first-order valence-corrected chi connectivity index (χ1v) is 5.77. The van der Waals surface area contributed by atoms with E-state index in [0.717, 1.165) is 6.42 Å². The second kappa shape index (κ2) is 8.50. The van der Waals surface area contributed by atoms with E-state index in [1.54, 1.807) is 6.92 Å². The SMILES string of the molecule is CCCNC(=O)CCNCC(C)(CO)CO. The summed E-state index contributed by atoms with van der Waals surface area (Å²) in [7, 11) is 0. The molecular formula is C11H24N2O3. The Morgan fingerprint density at radius 2 is 1.88 bits per heavy atom. The topological polar surface area (TPSA) is 81.6 Å². The normalized spacial score (nSPS) is 11.5. The molecule has 0 spiro atoms. The molecule has 0 aromatic carbocycles. The van der Waals surface area contributed by atoms with Crippen molar-refractivity contribution in [2.75, 3.05) is 32.8 Å². The van der Waals surface area contributed by atoms with Crippen LogP contribution < -0.4 is 10.6 Å². The van der Waals surface area contributed by atoms with Crippen LogP contribution in [0.2, 0.25) is 0 Å². The van der Waals surface area contributed by atoms with Crippen LogP contribution in [0.3, 0.4) is 0 Å². The summed E-state index contributed by atoms with van der Waals surface area (Å²) in [4.78, 5) is 11.2. The number of hydrogen-bond donors (Lipinski definition) is 4. The summed E-state index contributed by atoms with van der Waals surface area (Å²) in [5, 5.41) is 23.9. The Morgan fingerprint density at radius 3 is 2.38 bits per heavy atom. The van der Waals surface area contributed by atoms with Gasteiger partial charge in [0.1, 0.15) is 0 Å². The van der Waals surface area contributed by atoms with Gasteiger partial charge in [-0.2, -0.15) is 0 Å². The molecule has 4 N–H and O–H groups in total. The lowest BCUT2D eigenvalue weighted by Crippen LogP contribution is -2.39. The van der Waals surface area contributed by atoms with E-state index in [4.69, 9.17) is 10.2 Å². The molecule has 0 bridgehead atoms. The number of aliphatic hydroxyl groups excluding tert-OH is 2. The van der Waals surface area contributed by atoms with Crippen LogP contribution in [-0.4, -0.2) is 49.0 Å². The van der Waals surface area contributed by atoms with Crippen LogP contribution in [0.25, 0.3) is 0 Å². The zero-order valence-corrected chi connectivity index (χ0v) is 10.3. The molecule has 0 aromatic heterocycles. The van der Waals surface area contributed by atoms with Crippen LogP contribution in [0.5, 0.6) is 0 Å². The molecule has 96 valence electrons. The molecule has 0 aliphatic carbocycles. The number of nitrogens with one attached hydrogen (secondary N) is 2. The molecule has 0 saturated carbocycles. The lowest BCUT2D eigenvalue weighted by atomic mass is 9.93. The maximum atomic E-state index is 11.2. The van der Waals surface area contributed by atoms with Gasteiger partial charge in [0, 0.05) is 31.5 Å². The van der Waals surface area contributed by atoms with E-state index >= 15 is 0 Å². The summed E-state index contributed by atoms with van der Waals surface area (Å²) >= 11 is 0. The average Bonchev–Trinajstić information content (AvgIpc) is 2.31. The van der Waals surface area contributed by atoms with Crippen molar-refractivity contribution in [2.45, 2.75) is 26.7 Å². The molecule has 0 radical (unpaired) electrons. The second-order valence-electron chi connectivity index (χ2n) is 4.40. The summed E-state index contributed by atoms with van der Waals surface area (Å²) in [5.74, 6) is 0.0315. The molecule has 0 aromatic rings. The maximum absolute atomic E-state index is 11.2. The van der Waals surface area contributed by atoms with Crippen molar-refractivity contribution in [1.82, 2.24) is 10.6 Å². The molecule has 0 unspecified atom stereocenters. The Balaban J connectivity index is 3.55. The number of hydrogen-bond acceptors (Lipinski definition) is 4. The van der Waals surface area contributed by atoms with Crippen molar-refractivity contribution in [3.05, 3.63) is 0 Å². The van der Waals surface area contributed by atoms with Gasteiger partial charge >= 0.3 is 0 Å². The van der Waals surface area contributed by atoms with Gasteiger partial charge in [-0.05, 0) is 6.42 Å². The Kier molecular flexibility index (Phi) is 8.15. The van der Waals surface area contributed by atoms with Crippen LogP contribution in [-0.2, 0) is 4.79 Å². The van der Waals surface area contributed by atoms with Crippen LogP contribution in [0.4, 0.5) is 0 Å². The van der Waals surface area contributed by atoms with E-state index < -0.39 is 5.41 Å². The van der Waals surface area contributed by atoms with Gasteiger partial charge in [0.2, 0.25) is 5.91 Å². The van der Waals surface area contributed by atoms with Crippen LogP contribution >= 0.6 is 0 Å². The third-order valence-corrected chi connectivity index (χ3v) is 2.42. The number of aliphatic hydroxyl groups is 2. The first-order valence-electron chi connectivity index (χ1n) is 5.77. The number of carbonyl (C=O) groups excluding carboxylic acids is 1. The standard InChI is InChI=1S/C11H24N2O3/c1-3-5-13-10(16)4-6-12-7-11(2,8-14)9-15/h12,14-15H,3-9H2,1-2H3,(H,13,16). The summed E-state index contributed by atoms with van der Waals surface area (Å²) in [6, 6.07) is 0. The van der Waals surface area contributed by atoms with Gasteiger partial charge in [-0.15, -0.1) is 0 Å². The minimum absolute atomic E-state index is 0.0315. The summed E-state index contributed by atoms with van der Waals surface area (Å²) < 4.78 is 0. The summed E-state index contributed by atoms with van der Waals surface area (Å²) in [6.07, 6.45) is 1.36. The first kappa shape index (κ1) is 15.3. The molecule has 0 aliphatic rings. The monoisotopic (exact) mass is 232 g/mol. The van der Waals surface area contributed by atoms with Crippen LogP contribution in [0, 0.1) is 5.41 Å². The van der Waals surface area contributed by atoms with Crippen molar-refractivity contribution in [3.63, 3.8) is 0 Å². The minimum atomic E-state index is -0.514. The smallest absolute Gasteiger partial charge is 0.221 e. The molecule has 0 rings (SSSR count). The number of amides is 1. The van der Waals surface area contributed by atoms with Gasteiger partial charge in [0.25, 0.3) is 0 Å². The summed E-state index contributed by atoms with van der Waals surface area (Å²) in [5.41, 5.74) is -0.514. The largest absolute Gasteiger partial charge is 0.396 e. The zero-order valence-electron chi connectivity index (χ0n) is 10.3. The Hall–Kier alpha value is -0.650. The van der Waals surface area contributed by atoms with Crippen molar-refractivity contribution in [3.8, 4) is 0 Å². The van der Waals surface area contributed by atoms with Crippen molar-refractivity contribution >= 4 is 5.91 Å². The molecule has 0 atom stereocenters. The highest BCUT2D eigenvalue weighted by atomic mass is 16.3. The van der Waals surface area contributed by atoms with E-state index in [2.05, 4.69) is 10.6 Å². The van der Waals surface area contributed by atoms with E-state index in [-0.39, 0.29) is 19.1 Å². The fraction of sp³-hybridized carbons (Fsp3) is 0.909. The highest BCUT2D eigenvalue weighted by Gasteiger charge is 2.21. The average molecular weight is 232 g/mol. The third kappa shape index (κ3) is 6.76. The number of rotatable bonds is 9. The lowest BCUT2D eigenvalue weighted by Gasteiger charge is -2.24. The van der Waals surface area contributed by atoms with Crippen molar-refractivity contribution in [2.24, 2.45) is 5.41 Å². The van der Waals surface area contributed by atoms with Crippen molar-refractivity contribution in [1.29, 1.82) is 0 Å². The molecule has 0 heterocycles. The Morgan fingerprint density at radius 1 is 1.25 bits per heavy atom. The van der Waals surface area contributed by atoms with E-state index in [1.807, 2.05) is 6.92 Å². The molecular weight excluding hydrogens is 208 g/mol. The molecule has 5 nitrogen and oxygen atoms in total. The molecule has 1 amide bonds. The van der Waals surface area contributed by atoms with Gasteiger partial charge in [-0.25, -0.2) is 0 Å². The summed E-state index contributed by atoms with van der Waals surface area (Å²) in [6.45, 7) is 5.43. The van der Waals surface area contributed by atoms with Gasteiger partial charge in [0.05, 0.1) is 13.2 Å².